The Labute approximate surface area is 149 Å². The second-order valence-corrected chi connectivity index (χ2v) is 7.83. The molecule has 1 aromatic carbocycles. The summed E-state index contributed by atoms with van der Waals surface area (Å²) in [5.74, 6) is 1.66. The quantitative estimate of drug-likeness (QED) is 0.915. The minimum atomic E-state index is -0.0350. The van der Waals surface area contributed by atoms with Crippen LogP contribution in [0.15, 0.2) is 28.8 Å². The Hall–Kier alpha value is -2.14. The van der Waals surface area contributed by atoms with Crippen LogP contribution in [0.2, 0.25) is 0 Å². The van der Waals surface area contributed by atoms with Crippen LogP contribution in [0.5, 0.6) is 0 Å². The summed E-state index contributed by atoms with van der Waals surface area (Å²) >= 11 is 0. The molecular formula is C20H27N3O2. The van der Waals surface area contributed by atoms with Crippen molar-refractivity contribution >= 4 is 11.6 Å². The van der Waals surface area contributed by atoms with Crippen molar-refractivity contribution in [2.45, 2.75) is 59.0 Å². The Morgan fingerprint density at radius 3 is 2.76 bits per heavy atom. The lowest BCUT2D eigenvalue weighted by Gasteiger charge is -2.33. The Morgan fingerprint density at radius 1 is 1.36 bits per heavy atom. The summed E-state index contributed by atoms with van der Waals surface area (Å²) in [5, 5.41) is 2.94. The summed E-state index contributed by atoms with van der Waals surface area (Å²) in [6.07, 6.45) is 2.75. The highest BCUT2D eigenvalue weighted by Gasteiger charge is 2.27. The first-order chi connectivity index (χ1) is 11.8. The number of benzene rings is 1. The molecule has 1 N–H and O–H groups in total. The number of amides is 1. The highest BCUT2D eigenvalue weighted by molar-refractivity contribution is 5.89. The third kappa shape index (κ3) is 3.76. The van der Waals surface area contributed by atoms with Crippen molar-refractivity contribution in [1.29, 1.82) is 0 Å². The van der Waals surface area contributed by atoms with Gasteiger partial charge in [-0.15, -0.1) is 0 Å². The third-order valence-electron chi connectivity index (χ3n) is 4.77. The van der Waals surface area contributed by atoms with Crippen molar-refractivity contribution in [3.63, 3.8) is 0 Å². The Balaban J connectivity index is 1.78. The van der Waals surface area contributed by atoms with Gasteiger partial charge in [0.15, 0.2) is 0 Å². The number of carbonyl (C=O) groups is 1. The maximum atomic E-state index is 11.4. The molecule has 5 nitrogen and oxygen atoms in total. The molecular weight excluding hydrogens is 314 g/mol. The van der Waals surface area contributed by atoms with Crippen LogP contribution in [-0.2, 0) is 23.2 Å². The van der Waals surface area contributed by atoms with Gasteiger partial charge < -0.3 is 9.73 Å². The molecule has 1 aliphatic heterocycles. The Bertz CT molecular complexity index is 773. The van der Waals surface area contributed by atoms with E-state index < -0.39 is 0 Å². The number of oxazole rings is 1. The monoisotopic (exact) mass is 341 g/mol. The van der Waals surface area contributed by atoms with Crippen molar-refractivity contribution in [3.8, 4) is 0 Å². The second-order valence-electron chi connectivity index (χ2n) is 7.83. The first kappa shape index (κ1) is 17.7. The second kappa shape index (κ2) is 6.64. The standard InChI is InChI=1S/C20H27N3O2/c1-13(19-21-11-18(25-19)20(3,4)5)23-10-9-16-15(12-23)7-6-8-17(16)22-14(2)24/h6-8,11,13H,9-10,12H2,1-5H3,(H,22,24). The fraction of sp³-hybridized carbons (Fsp3) is 0.500. The van der Waals surface area contributed by atoms with Crippen LogP contribution in [0, 0.1) is 0 Å². The molecule has 1 atom stereocenters. The van der Waals surface area contributed by atoms with Crippen molar-refractivity contribution in [1.82, 2.24) is 9.88 Å². The summed E-state index contributed by atoms with van der Waals surface area (Å²) in [5.41, 5.74) is 3.39. The van der Waals surface area contributed by atoms with Crippen LogP contribution in [0.1, 0.15) is 63.4 Å². The lowest BCUT2D eigenvalue weighted by molar-refractivity contribution is -0.114. The van der Waals surface area contributed by atoms with Gasteiger partial charge in [-0.2, -0.15) is 0 Å². The first-order valence-electron chi connectivity index (χ1n) is 8.84. The number of carbonyl (C=O) groups excluding carboxylic acids is 1. The number of anilines is 1. The molecule has 3 rings (SSSR count). The molecule has 2 aromatic rings. The Morgan fingerprint density at radius 2 is 2.12 bits per heavy atom. The number of hydrogen-bond donors (Lipinski definition) is 1. The van der Waals surface area contributed by atoms with Gasteiger partial charge in [-0.25, -0.2) is 4.98 Å². The normalized spacial score (nSPS) is 16.4. The molecule has 0 radical (unpaired) electrons. The predicted molar refractivity (Wildman–Crippen MR) is 98.5 cm³/mol. The van der Waals surface area contributed by atoms with E-state index in [0.29, 0.717) is 0 Å². The van der Waals surface area contributed by atoms with Gasteiger partial charge in [0, 0.05) is 31.1 Å². The summed E-state index contributed by atoms with van der Waals surface area (Å²) in [7, 11) is 0. The number of rotatable bonds is 3. The van der Waals surface area contributed by atoms with Gasteiger partial charge >= 0.3 is 0 Å². The van der Waals surface area contributed by atoms with E-state index in [-0.39, 0.29) is 17.4 Å². The number of nitrogens with zero attached hydrogens (tertiary/aromatic N) is 2. The molecule has 1 amide bonds. The topological polar surface area (TPSA) is 58.4 Å². The van der Waals surface area contributed by atoms with Gasteiger partial charge in [0.25, 0.3) is 0 Å². The minimum absolute atomic E-state index is 0.0290. The highest BCUT2D eigenvalue weighted by atomic mass is 16.4. The highest BCUT2D eigenvalue weighted by Crippen LogP contribution is 2.32. The van der Waals surface area contributed by atoms with Crippen LogP contribution in [0.25, 0.3) is 0 Å². The van der Waals surface area contributed by atoms with E-state index in [4.69, 9.17) is 4.42 Å². The summed E-state index contributed by atoms with van der Waals surface area (Å²) in [4.78, 5) is 18.3. The van der Waals surface area contributed by atoms with E-state index in [9.17, 15) is 4.79 Å². The van der Waals surface area contributed by atoms with Gasteiger partial charge in [-0.1, -0.05) is 32.9 Å². The zero-order valence-corrected chi connectivity index (χ0v) is 15.7. The van der Waals surface area contributed by atoms with Crippen LogP contribution < -0.4 is 5.32 Å². The van der Waals surface area contributed by atoms with Crippen molar-refractivity contribution < 1.29 is 9.21 Å². The van der Waals surface area contributed by atoms with Gasteiger partial charge in [-0.3, -0.25) is 9.69 Å². The van der Waals surface area contributed by atoms with Gasteiger partial charge in [-0.05, 0) is 30.5 Å². The van der Waals surface area contributed by atoms with Crippen LogP contribution in [0.3, 0.4) is 0 Å². The van der Waals surface area contributed by atoms with E-state index in [1.165, 1.54) is 11.1 Å². The molecule has 1 aromatic heterocycles. The summed E-state index contributed by atoms with van der Waals surface area (Å²) < 4.78 is 6.02. The molecule has 1 aliphatic rings. The van der Waals surface area contributed by atoms with Crippen LogP contribution in [-0.4, -0.2) is 22.3 Å². The maximum absolute atomic E-state index is 11.4. The van der Waals surface area contributed by atoms with Gasteiger partial charge in [0.1, 0.15) is 5.76 Å². The van der Waals surface area contributed by atoms with E-state index >= 15 is 0 Å². The molecule has 2 heterocycles. The zero-order chi connectivity index (χ0) is 18.2. The predicted octanol–water partition coefficient (Wildman–Crippen LogP) is 4.05. The third-order valence-corrected chi connectivity index (χ3v) is 4.77. The largest absolute Gasteiger partial charge is 0.443 e. The molecule has 25 heavy (non-hydrogen) atoms. The van der Waals surface area contributed by atoms with E-state index in [1.54, 1.807) is 6.92 Å². The molecule has 0 saturated heterocycles. The molecule has 0 spiro atoms. The van der Waals surface area contributed by atoms with Crippen LogP contribution >= 0.6 is 0 Å². The number of fused-ring (bicyclic) bond motifs is 1. The average molecular weight is 341 g/mol. The van der Waals surface area contributed by atoms with Crippen molar-refractivity contribution in [2.24, 2.45) is 0 Å². The molecule has 5 heteroatoms. The summed E-state index contributed by atoms with van der Waals surface area (Å²) in [6.45, 7) is 11.8. The van der Waals surface area contributed by atoms with E-state index in [2.05, 4.69) is 49.0 Å². The van der Waals surface area contributed by atoms with Crippen molar-refractivity contribution in [2.75, 3.05) is 11.9 Å². The first-order valence-corrected chi connectivity index (χ1v) is 8.84. The average Bonchev–Trinajstić information content (AvgIpc) is 3.03. The molecule has 0 fully saturated rings. The van der Waals surface area contributed by atoms with E-state index in [0.717, 1.165) is 36.8 Å². The van der Waals surface area contributed by atoms with Gasteiger partial charge in [0.2, 0.25) is 11.8 Å². The fourth-order valence-electron chi connectivity index (χ4n) is 3.25. The maximum Gasteiger partial charge on any atom is 0.221 e. The molecule has 134 valence electrons. The summed E-state index contributed by atoms with van der Waals surface area (Å²) in [6, 6.07) is 6.23. The van der Waals surface area contributed by atoms with E-state index in [1.807, 2.05) is 18.3 Å². The molecule has 0 saturated carbocycles. The fourth-order valence-corrected chi connectivity index (χ4v) is 3.25. The van der Waals surface area contributed by atoms with Crippen molar-refractivity contribution in [3.05, 3.63) is 47.2 Å². The number of hydrogen-bond acceptors (Lipinski definition) is 4. The zero-order valence-electron chi connectivity index (χ0n) is 15.7. The molecule has 0 bridgehead atoms. The smallest absolute Gasteiger partial charge is 0.221 e. The number of nitrogens with one attached hydrogen (secondary N) is 1. The van der Waals surface area contributed by atoms with Gasteiger partial charge in [0.05, 0.1) is 12.2 Å². The lowest BCUT2D eigenvalue weighted by atomic mass is 9.94. The number of aromatic nitrogens is 1. The molecule has 0 aliphatic carbocycles. The SMILES string of the molecule is CC(=O)Nc1cccc2c1CCN(C(C)c1ncc(C(C)(C)C)o1)C2. The molecule has 1 unspecified atom stereocenters. The Kier molecular flexibility index (Phi) is 4.69. The lowest BCUT2D eigenvalue weighted by Crippen LogP contribution is -2.33. The van der Waals surface area contributed by atoms with Crippen LogP contribution in [0.4, 0.5) is 5.69 Å². The minimum Gasteiger partial charge on any atom is -0.443 e.